The van der Waals surface area contributed by atoms with Crippen molar-refractivity contribution in [2.24, 2.45) is 23.1 Å². The number of nitrogens with one attached hydrogen (secondary N) is 2. The van der Waals surface area contributed by atoms with Crippen molar-refractivity contribution in [1.82, 2.24) is 10.6 Å². The van der Waals surface area contributed by atoms with Crippen LogP contribution in [-0.2, 0) is 24.0 Å². The fraction of sp³-hybridized carbons (Fsp3) is 0.500. The summed E-state index contributed by atoms with van der Waals surface area (Å²) in [6.45, 7) is 1.99. The lowest BCUT2D eigenvalue weighted by atomic mass is 9.93. The number of nitrogens with two attached hydrogens (primary N) is 3. The Hall–Kier alpha value is -3.05. The predicted molar refractivity (Wildman–Crippen MR) is 127 cm³/mol. The second-order valence-corrected chi connectivity index (χ2v) is 8.67. The Kier molecular flexibility index (Phi) is 12.6. The molecule has 11 heteroatoms. The maximum absolute atomic E-state index is 12.5. The Bertz CT molecular complexity index is 840. The number of rotatable bonds is 16. The van der Waals surface area contributed by atoms with Gasteiger partial charge in [-0.2, -0.15) is 0 Å². The number of hydrogen-bond acceptors (Lipinski definition) is 7. The molecule has 33 heavy (non-hydrogen) atoms. The van der Waals surface area contributed by atoms with Gasteiger partial charge in [0.15, 0.2) is 5.78 Å². The van der Waals surface area contributed by atoms with Crippen molar-refractivity contribution in [2.75, 3.05) is 6.54 Å². The van der Waals surface area contributed by atoms with E-state index in [9.17, 15) is 24.0 Å². The van der Waals surface area contributed by atoms with Gasteiger partial charge in [0.2, 0.25) is 23.6 Å². The van der Waals surface area contributed by atoms with Gasteiger partial charge in [-0.15, -0.1) is 11.3 Å². The molecule has 0 aliphatic rings. The summed E-state index contributed by atoms with van der Waals surface area (Å²) in [5.74, 6) is -3.54. The van der Waals surface area contributed by atoms with Crippen LogP contribution in [0.1, 0.15) is 50.3 Å². The number of ketones is 1. The molecule has 0 aliphatic heterocycles. The highest BCUT2D eigenvalue weighted by molar-refractivity contribution is 7.10. The maximum atomic E-state index is 12.5. The van der Waals surface area contributed by atoms with Crippen LogP contribution < -0.4 is 27.8 Å². The molecule has 1 aromatic rings. The van der Waals surface area contributed by atoms with Gasteiger partial charge in [0, 0.05) is 29.7 Å². The Morgan fingerprint density at radius 3 is 2.36 bits per heavy atom. The lowest BCUT2D eigenvalue weighted by Crippen LogP contribution is -2.44. The molecule has 0 radical (unpaired) electrons. The van der Waals surface area contributed by atoms with Gasteiger partial charge in [-0.3, -0.25) is 24.0 Å². The minimum absolute atomic E-state index is 0.0279. The zero-order valence-electron chi connectivity index (χ0n) is 18.8. The second-order valence-electron chi connectivity index (χ2n) is 7.69. The molecule has 1 aromatic heterocycles. The molecule has 0 spiro atoms. The summed E-state index contributed by atoms with van der Waals surface area (Å²) in [5, 5.41) is 6.97. The van der Waals surface area contributed by atoms with Crippen LogP contribution in [0.3, 0.4) is 0 Å². The Labute approximate surface area is 197 Å². The van der Waals surface area contributed by atoms with Crippen molar-refractivity contribution < 1.29 is 24.0 Å². The highest BCUT2D eigenvalue weighted by Crippen LogP contribution is 2.14. The number of primary amides is 2. The SMILES string of the molecule is CC(NC(=O)/C=C/c1cccs1)C(=O)C[C@@H](CCC(=O)NC(CCCCN)C(N)=O)C(N)=O. The van der Waals surface area contributed by atoms with Gasteiger partial charge in [-0.1, -0.05) is 6.07 Å². The van der Waals surface area contributed by atoms with Crippen molar-refractivity contribution in [3.8, 4) is 0 Å². The van der Waals surface area contributed by atoms with Gasteiger partial charge in [-0.25, -0.2) is 0 Å². The molecule has 0 saturated heterocycles. The summed E-state index contributed by atoms with van der Waals surface area (Å²) in [4.78, 5) is 60.9. The predicted octanol–water partition coefficient (Wildman–Crippen LogP) is 0.206. The molecular weight excluding hydrogens is 446 g/mol. The molecule has 8 N–H and O–H groups in total. The highest BCUT2D eigenvalue weighted by atomic mass is 32.1. The second kappa shape index (κ2) is 14.9. The van der Waals surface area contributed by atoms with Crippen LogP contribution in [0, 0.1) is 5.92 Å². The lowest BCUT2D eigenvalue weighted by molar-refractivity contribution is -0.130. The van der Waals surface area contributed by atoms with Crippen molar-refractivity contribution in [2.45, 2.75) is 57.5 Å². The third-order valence-corrected chi connectivity index (χ3v) is 5.82. The first-order valence-corrected chi connectivity index (χ1v) is 11.6. The van der Waals surface area contributed by atoms with E-state index in [-0.39, 0.29) is 25.0 Å². The van der Waals surface area contributed by atoms with Crippen LogP contribution in [0.2, 0.25) is 0 Å². The summed E-state index contributed by atoms with van der Waals surface area (Å²) >= 11 is 1.47. The van der Waals surface area contributed by atoms with E-state index < -0.39 is 41.6 Å². The van der Waals surface area contributed by atoms with Gasteiger partial charge >= 0.3 is 0 Å². The molecule has 0 bridgehead atoms. The standard InChI is InChI=1S/C22H33N5O5S/c1-14(26-19(29)10-8-16-5-4-12-33-16)18(28)13-15(21(24)31)7-9-20(30)27-17(22(25)32)6-2-3-11-23/h4-5,8,10,12,14-15,17H,2-3,6-7,9,11,13,23H2,1H3,(H2,24,31)(H2,25,32)(H,26,29)(H,27,30)/b10-8+/t14?,15-,17?/m1/s1. The first-order valence-electron chi connectivity index (χ1n) is 10.8. The number of unbranched alkanes of at least 4 members (excludes halogenated alkanes) is 1. The molecule has 0 saturated carbocycles. The molecule has 0 aromatic carbocycles. The van der Waals surface area contributed by atoms with Crippen LogP contribution in [0.5, 0.6) is 0 Å². The normalized spacial score (nSPS) is 13.8. The van der Waals surface area contributed by atoms with Gasteiger partial charge in [0.1, 0.15) is 6.04 Å². The molecule has 0 fully saturated rings. The zero-order valence-corrected chi connectivity index (χ0v) is 19.6. The maximum Gasteiger partial charge on any atom is 0.244 e. The summed E-state index contributed by atoms with van der Waals surface area (Å²) in [6, 6.07) is 2.05. The topological polar surface area (TPSA) is 187 Å². The van der Waals surface area contributed by atoms with E-state index in [0.29, 0.717) is 25.8 Å². The largest absolute Gasteiger partial charge is 0.369 e. The van der Waals surface area contributed by atoms with Gasteiger partial charge in [0.05, 0.1) is 6.04 Å². The number of carbonyl (C=O) groups excluding carboxylic acids is 5. The van der Waals surface area contributed by atoms with E-state index in [1.807, 2.05) is 17.5 Å². The van der Waals surface area contributed by atoms with Crippen molar-refractivity contribution in [3.05, 3.63) is 28.5 Å². The number of carbonyl (C=O) groups is 5. The van der Waals surface area contributed by atoms with Gasteiger partial charge < -0.3 is 27.8 Å². The summed E-state index contributed by atoms with van der Waals surface area (Å²) in [6.07, 6.45) is 4.37. The number of thiophene rings is 1. The Morgan fingerprint density at radius 2 is 1.79 bits per heavy atom. The number of amides is 4. The molecule has 0 aliphatic carbocycles. The van der Waals surface area contributed by atoms with Gasteiger partial charge in [0.25, 0.3) is 0 Å². The smallest absolute Gasteiger partial charge is 0.244 e. The van der Waals surface area contributed by atoms with Crippen molar-refractivity contribution in [3.63, 3.8) is 0 Å². The molecule has 1 heterocycles. The summed E-state index contributed by atoms with van der Waals surface area (Å²) in [5.41, 5.74) is 16.1. The van der Waals surface area contributed by atoms with Crippen LogP contribution in [-0.4, -0.2) is 48.0 Å². The van der Waals surface area contributed by atoms with E-state index in [2.05, 4.69) is 10.6 Å². The first kappa shape index (κ1) is 28.0. The quantitative estimate of drug-likeness (QED) is 0.166. The summed E-state index contributed by atoms with van der Waals surface area (Å²) < 4.78 is 0. The van der Waals surface area contributed by atoms with E-state index in [4.69, 9.17) is 17.2 Å². The summed E-state index contributed by atoms with van der Waals surface area (Å²) in [7, 11) is 0. The average molecular weight is 480 g/mol. The molecule has 2 unspecified atom stereocenters. The number of hydrogen-bond donors (Lipinski definition) is 5. The number of Topliss-reactive ketones (excluding diaryl/α,β-unsaturated/α-hetero) is 1. The monoisotopic (exact) mass is 479 g/mol. The van der Waals surface area contributed by atoms with Crippen LogP contribution in [0.15, 0.2) is 23.6 Å². The fourth-order valence-electron chi connectivity index (χ4n) is 3.00. The molecule has 1 rings (SSSR count). The fourth-order valence-corrected chi connectivity index (χ4v) is 3.62. The first-order chi connectivity index (χ1) is 15.6. The van der Waals surface area contributed by atoms with Crippen molar-refractivity contribution in [1.29, 1.82) is 0 Å². The third kappa shape index (κ3) is 11.4. The minimum Gasteiger partial charge on any atom is -0.369 e. The van der Waals surface area contributed by atoms with E-state index in [1.54, 1.807) is 6.08 Å². The Balaban J connectivity index is 2.53. The third-order valence-electron chi connectivity index (χ3n) is 4.98. The molecule has 182 valence electrons. The highest BCUT2D eigenvalue weighted by Gasteiger charge is 2.25. The van der Waals surface area contributed by atoms with E-state index in [0.717, 1.165) is 4.88 Å². The average Bonchev–Trinajstić information content (AvgIpc) is 3.27. The molecule has 3 atom stereocenters. The van der Waals surface area contributed by atoms with Crippen LogP contribution in [0.4, 0.5) is 0 Å². The molecule has 10 nitrogen and oxygen atoms in total. The Morgan fingerprint density at radius 1 is 1.06 bits per heavy atom. The molecular formula is C22H33N5O5S. The minimum atomic E-state index is -0.881. The van der Waals surface area contributed by atoms with Gasteiger partial charge in [-0.05, 0) is 56.7 Å². The van der Waals surface area contributed by atoms with E-state index in [1.165, 1.54) is 24.3 Å². The van der Waals surface area contributed by atoms with Crippen molar-refractivity contribution >= 4 is 46.8 Å². The van der Waals surface area contributed by atoms with E-state index >= 15 is 0 Å². The zero-order chi connectivity index (χ0) is 24.8. The van der Waals surface area contributed by atoms with Crippen LogP contribution >= 0.6 is 11.3 Å². The van der Waals surface area contributed by atoms with Crippen LogP contribution in [0.25, 0.3) is 6.08 Å². The molecule has 4 amide bonds. The lowest BCUT2D eigenvalue weighted by Gasteiger charge is -2.18.